The van der Waals surface area contributed by atoms with E-state index in [2.05, 4.69) is 53.4 Å². The lowest BCUT2D eigenvalue weighted by Crippen LogP contribution is -2.29. The van der Waals surface area contributed by atoms with Gasteiger partial charge in [0, 0.05) is 9.50 Å². The Bertz CT molecular complexity index is 599. The molecule has 100 valence electrons. The molecule has 0 spiro atoms. The Kier molecular flexibility index (Phi) is 4.63. The highest BCUT2D eigenvalue weighted by molar-refractivity contribution is 9.10. The number of benzene rings is 2. The van der Waals surface area contributed by atoms with Gasteiger partial charge in [0.05, 0.1) is 6.04 Å². The van der Waals surface area contributed by atoms with Crippen molar-refractivity contribution in [2.45, 2.75) is 19.9 Å². The monoisotopic (exact) mass is 338 g/mol. The molecule has 2 nitrogen and oxygen atoms in total. The molecule has 0 aliphatic heterocycles. The maximum Gasteiger partial charge on any atom is 0.0721 e. The minimum absolute atomic E-state index is 0.0904. The van der Waals surface area contributed by atoms with E-state index in [1.54, 1.807) is 0 Å². The average Bonchev–Trinajstić information content (AvgIpc) is 2.38. The third-order valence-electron chi connectivity index (χ3n) is 3.30. The molecule has 0 radical (unpaired) electrons. The van der Waals surface area contributed by atoms with E-state index < -0.39 is 0 Å². The van der Waals surface area contributed by atoms with Crippen LogP contribution >= 0.6 is 27.5 Å². The molecule has 0 saturated carbocycles. The number of nitrogens with two attached hydrogens (primary N) is 1. The van der Waals surface area contributed by atoms with Crippen molar-refractivity contribution in [1.29, 1.82) is 0 Å². The van der Waals surface area contributed by atoms with Gasteiger partial charge >= 0.3 is 0 Å². The molecule has 3 N–H and O–H groups in total. The first kappa shape index (κ1) is 14.5. The maximum atomic E-state index is 6.07. The summed E-state index contributed by atoms with van der Waals surface area (Å²) in [7, 11) is 0. The number of rotatable bonds is 3. The van der Waals surface area contributed by atoms with Crippen LogP contribution in [-0.2, 0) is 0 Å². The second-order valence-electron chi connectivity index (χ2n) is 4.61. The molecule has 19 heavy (non-hydrogen) atoms. The van der Waals surface area contributed by atoms with Crippen LogP contribution in [0, 0.1) is 13.8 Å². The van der Waals surface area contributed by atoms with Crippen LogP contribution in [0.25, 0.3) is 0 Å². The summed E-state index contributed by atoms with van der Waals surface area (Å²) < 4.78 is 0.984. The van der Waals surface area contributed by atoms with Crippen LogP contribution in [0.4, 0.5) is 0 Å². The van der Waals surface area contributed by atoms with Gasteiger partial charge in [0.2, 0.25) is 0 Å². The van der Waals surface area contributed by atoms with Crippen molar-refractivity contribution in [3.05, 3.63) is 68.1 Å². The first-order valence-corrected chi connectivity index (χ1v) is 7.18. The van der Waals surface area contributed by atoms with Gasteiger partial charge in [-0.25, -0.2) is 5.43 Å². The summed E-state index contributed by atoms with van der Waals surface area (Å²) >= 11 is 9.62. The maximum absolute atomic E-state index is 6.07. The zero-order chi connectivity index (χ0) is 14.0. The predicted molar refractivity (Wildman–Crippen MR) is 84.2 cm³/mol. The molecule has 0 aliphatic rings. The number of halogens is 2. The molecule has 0 bridgehead atoms. The quantitative estimate of drug-likeness (QED) is 0.647. The fourth-order valence-electron chi connectivity index (χ4n) is 2.05. The van der Waals surface area contributed by atoms with E-state index in [-0.39, 0.29) is 6.04 Å². The molecule has 0 aromatic heterocycles. The van der Waals surface area contributed by atoms with E-state index in [1.165, 1.54) is 11.1 Å². The van der Waals surface area contributed by atoms with E-state index in [0.717, 1.165) is 15.6 Å². The Labute approximate surface area is 127 Å². The molecule has 0 heterocycles. The Morgan fingerprint density at radius 2 is 1.84 bits per heavy atom. The highest BCUT2D eigenvalue weighted by Crippen LogP contribution is 2.31. The SMILES string of the molecule is Cc1ccc(C(NN)c2cc(Cl)ccc2Br)cc1C. The molecule has 1 atom stereocenters. The van der Waals surface area contributed by atoms with Crippen LogP contribution in [0.15, 0.2) is 40.9 Å². The summed E-state index contributed by atoms with van der Waals surface area (Å²) in [4.78, 5) is 0. The van der Waals surface area contributed by atoms with Gasteiger partial charge in [0.25, 0.3) is 0 Å². The van der Waals surface area contributed by atoms with Crippen molar-refractivity contribution in [3.8, 4) is 0 Å². The van der Waals surface area contributed by atoms with Crippen molar-refractivity contribution >= 4 is 27.5 Å². The molecule has 0 saturated heterocycles. The van der Waals surface area contributed by atoms with Crippen molar-refractivity contribution in [2.75, 3.05) is 0 Å². The fourth-order valence-corrected chi connectivity index (χ4v) is 2.70. The van der Waals surface area contributed by atoms with Crippen LogP contribution in [0.2, 0.25) is 5.02 Å². The van der Waals surface area contributed by atoms with E-state index in [1.807, 2.05) is 18.2 Å². The molecule has 2 aromatic carbocycles. The second kappa shape index (κ2) is 6.06. The van der Waals surface area contributed by atoms with Crippen LogP contribution < -0.4 is 11.3 Å². The summed E-state index contributed by atoms with van der Waals surface area (Å²) in [5.41, 5.74) is 7.52. The molecule has 2 aromatic rings. The number of nitrogens with one attached hydrogen (secondary N) is 1. The van der Waals surface area contributed by atoms with Gasteiger partial charge in [0.15, 0.2) is 0 Å². The molecule has 2 rings (SSSR count). The van der Waals surface area contributed by atoms with Gasteiger partial charge in [-0.05, 0) is 54.3 Å². The van der Waals surface area contributed by atoms with Crippen LogP contribution in [0.5, 0.6) is 0 Å². The third kappa shape index (κ3) is 3.18. The zero-order valence-corrected chi connectivity index (χ0v) is 13.2. The van der Waals surface area contributed by atoms with Crippen molar-refractivity contribution in [2.24, 2.45) is 5.84 Å². The molecular formula is C15H16BrClN2. The summed E-state index contributed by atoms with van der Waals surface area (Å²) in [6.45, 7) is 4.19. The van der Waals surface area contributed by atoms with Crippen LogP contribution in [-0.4, -0.2) is 0 Å². The first-order valence-electron chi connectivity index (χ1n) is 6.01. The third-order valence-corrected chi connectivity index (χ3v) is 4.26. The molecule has 4 heteroatoms. The highest BCUT2D eigenvalue weighted by Gasteiger charge is 2.16. The summed E-state index contributed by atoms with van der Waals surface area (Å²) in [6.07, 6.45) is 0. The standard InChI is InChI=1S/C15H16BrClN2/c1-9-3-4-11(7-10(9)2)15(19-18)13-8-12(17)5-6-14(13)16/h3-8,15,19H,18H2,1-2H3. The first-order chi connectivity index (χ1) is 9.02. The summed E-state index contributed by atoms with van der Waals surface area (Å²) in [5, 5.41) is 0.697. The Morgan fingerprint density at radius 3 is 2.47 bits per heavy atom. The minimum atomic E-state index is -0.0904. The number of aryl methyl sites for hydroxylation is 2. The average molecular weight is 340 g/mol. The van der Waals surface area contributed by atoms with Crippen molar-refractivity contribution < 1.29 is 0 Å². The molecular weight excluding hydrogens is 324 g/mol. The van der Waals surface area contributed by atoms with E-state index in [9.17, 15) is 0 Å². The van der Waals surface area contributed by atoms with E-state index in [4.69, 9.17) is 17.4 Å². The van der Waals surface area contributed by atoms with Gasteiger partial charge in [-0.2, -0.15) is 0 Å². The van der Waals surface area contributed by atoms with Gasteiger partial charge < -0.3 is 0 Å². The van der Waals surface area contributed by atoms with E-state index >= 15 is 0 Å². The normalized spacial score (nSPS) is 12.5. The lowest BCUT2D eigenvalue weighted by Gasteiger charge is -2.19. The molecule has 1 unspecified atom stereocenters. The van der Waals surface area contributed by atoms with E-state index in [0.29, 0.717) is 5.02 Å². The molecule has 0 fully saturated rings. The Morgan fingerprint density at radius 1 is 1.11 bits per heavy atom. The summed E-state index contributed by atoms with van der Waals surface area (Å²) in [6, 6.07) is 11.9. The van der Waals surface area contributed by atoms with Gasteiger partial charge in [-0.15, -0.1) is 0 Å². The minimum Gasteiger partial charge on any atom is -0.271 e. The van der Waals surface area contributed by atoms with Crippen LogP contribution in [0.1, 0.15) is 28.3 Å². The van der Waals surface area contributed by atoms with Gasteiger partial charge in [0.1, 0.15) is 0 Å². The number of hydrazine groups is 1. The van der Waals surface area contributed by atoms with Crippen LogP contribution in [0.3, 0.4) is 0 Å². The zero-order valence-electron chi connectivity index (χ0n) is 10.9. The van der Waals surface area contributed by atoms with Crippen molar-refractivity contribution in [1.82, 2.24) is 5.43 Å². The largest absolute Gasteiger partial charge is 0.271 e. The van der Waals surface area contributed by atoms with Gasteiger partial charge in [-0.3, -0.25) is 5.84 Å². The lowest BCUT2D eigenvalue weighted by atomic mass is 9.96. The Hall–Kier alpha value is -0.870. The van der Waals surface area contributed by atoms with Crippen molar-refractivity contribution in [3.63, 3.8) is 0 Å². The summed E-state index contributed by atoms with van der Waals surface area (Å²) in [5.74, 6) is 5.73. The van der Waals surface area contributed by atoms with Gasteiger partial charge in [-0.1, -0.05) is 45.7 Å². The second-order valence-corrected chi connectivity index (χ2v) is 5.90. The number of hydrogen-bond donors (Lipinski definition) is 2. The lowest BCUT2D eigenvalue weighted by molar-refractivity contribution is 0.634. The molecule has 0 aliphatic carbocycles. The fraction of sp³-hybridized carbons (Fsp3) is 0.200. The number of hydrogen-bond acceptors (Lipinski definition) is 2. The molecule has 0 amide bonds. The smallest absolute Gasteiger partial charge is 0.0721 e. The predicted octanol–water partition coefficient (Wildman–Crippen LogP) is 4.27. The Balaban J connectivity index is 2.49. The topological polar surface area (TPSA) is 38.0 Å². The highest BCUT2D eigenvalue weighted by atomic mass is 79.9.